The molecule has 2 rings (SSSR count). The van der Waals surface area contributed by atoms with Gasteiger partial charge in [-0.2, -0.15) is 0 Å². The van der Waals surface area contributed by atoms with E-state index in [1.165, 1.54) is 12.7 Å². The molecule has 0 spiro atoms. The summed E-state index contributed by atoms with van der Waals surface area (Å²) in [4.78, 5) is 11.5. The molecule has 0 radical (unpaired) electrons. The van der Waals surface area contributed by atoms with Gasteiger partial charge in [-0.1, -0.05) is 61.9 Å². The maximum Gasteiger partial charge on any atom is 0.309 e. The minimum Gasteiger partial charge on any atom is -0.469 e. The molecule has 0 heterocycles. The fourth-order valence-electron chi connectivity index (χ4n) is 2.32. The molecule has 20 heavy (non-hydrogen) atoms. The molecular weight excluding hydrogens is 248 g/mol. The third-order valence-corrected chi connectivity index (χ3v) is 3.38. The molecule has 0 atom stereocenters. The molecule has 2 aromatic carbocycles. The Morgan fingerprint density at radius 2 is 1.75 bits per heavy atom. The van der Waals surface area contributed by atoms with E-state index in [0.29, 0.717) is 6.42 Å². The summed E-state index contributed by atoms with van der Waals surface area (Å²) >= 11 is 0. The summed E-state index contributed by atoms with van der Waals surface area (Å²) in [6, 6.07) is 16.5. The van der Waals surface area contributed by atoms with Crippen molar-refractivity contribution in [2.24, 2.45) is 0 Å². The molecule has 0 aliphatic rings. The normalized spacial score (nSPS) is 10.3. The summed E-state index contributed by atoms with van der Waals surface area (Å²) in [6.07, 6.45) is 2.56. The van der Waals surface area contributed by atoms with Gasteiger partial charge in [0.15, 0.2) is 0 Å². The Morgan fingerprint density at radius 3 is 2.40 bits per heavy atom. The van der Waals surface area contributed by atoms with Crippen LogP contribution >= 0.6 is 0 Å². The largest absolute Gasteiger partial charge is 0.469 e. The molecule has 0 amide bonds. The Bertz CT molecular complexity index is 570. The van der Waals surface area contributed by atoms with Crippen LogP contribution in [0.1, 0.15) is 24.5 Å². The van der Waals surface area contributed by atoms with E-state index in [2.05, 4.69) is 31.2 Å². The van der Waals surface area contributed by atoms with E-state index >= 15 is 0 Å². The molecule has 0 bridgehead atoms. The van der Waals surface area contributed by atoms with Crippen LogP contribution in [0.2, 0.25) is 0 Å². The predicted molar refractivity (Wildman–Crippen MR) is 81.6 cm³/mol. The van der Waals surface area contributed by atoms with Gasteiger partial charge in [0, 0.05) is 0 Å². The van der Waals surface area contributed by atoms with Gasteiger partial charge in [-0.25, -0.2) is 0 Å². The zero-order valence-corrected chi connectivity index (χ0v) is 12.1. The highest BCUT2D eigenvalue weighted by Gasteiger charge is 2.09. The van der Waals surface area contributed by atoms with Crippen molar-refractivity contribution in [3.05, 3.63) is 59.7 Å². The van der Waals surface area contributed by atoms with Gasteiger partial charge in [-0.3, -0.25) is 4.79 Å². The predicted octanol–water partition coefficient (Wildman–Crippen LogP) is 4.02. The van der Waals surface area contributed by atoms with Crippen molar-refractivity contribution in [3.8, 4) is 11.1 Å². The van der Waals surface area contributed by atoms with Crippen molar-refractivity contribution >= 4 is 5.97 Å². The highest BCUT2D eigenvalue weighted by molar-refractivity contribution is 5.77. The van der Waals surface area contributed by atoms with Crippen molar-refractivity contribution in [1.82, 2.24) is 0 Å². The first-order valence-corrected chi connectivity index (χ1v) is 6.98. The zero-order chi connectivity index (χ0) is 14.4. The van der Waals surface area contributed by atoms with Gasteiger partial charge in [0.2, 0.25) is 0 Å². The van der Waals surface area contributed by atoms with Crippen molar-refractivity contribution in [1.29, 1.82) is 0 Å². The molecule has 0 unspecified atom stereocenters. The van der Waals surface area contributed by atoms with Crippen molar-refractivity contribution in [3.63, 3.8) is 0 Å². The number of esters is 1. The number of carbonyl (C=O) groups is 1. The molecule has 0 aliphatic heterocycles. The van der Waals surface area contributed by atoms with Crippen LogP contribution in [0.4, 0.5) is 0 Å². The Morgan fingerprint density at radius 1 is 1.05 bits per heavy atom. The number of benzene rings is 2. The number of hydrogen-bond donors (Lipinski definition) is 0. The van der Waals surface area contributed by atoms with Crippen molar-refractivity contribution in [2.45, 2.75) is 26.2 Å². The quantitative estimate of drug-likeness (QED) is 0.765. The Labute approximate surface area is 120 Å². The lowest BCUT2D eigenvalue weighted by molar-refractivity contribution is -0.139. The second-order valence-corrected chi connectivity index (χ2v) is 4.86. The molecule has 0 saturated heterocycles. The zero-order valence-electron chi connectivity index (χ0n) is 12.1. The first-order chi connectivity index (χ1) is 9.74. The van der Waals surface area contributed by atoms with Gasteiger partial charge in [-0.05, 0) is 28.7 Å². The standard InChI is InChI=1S/C18H20O2/c1-3-6-14-9-11-15(12-10-14)17-8-5-4-7-16(17)13-18(19)20-2/h4-5,7-12H,3,6,13H2,1-2H3. The highest BCUT2D eigenvalue weighted by atomic mass is 16.5. The Kier molecular flexibility index (Phi) is 4.94. The van der Waals surface area contributed by atoms with Gasteiger partial charge in [0.25, 0.3) is 0 Å². The lowest BCUT2D eigenvalue weighted by Gasteiger charge is -2.09. The number of rotatable bonds is 5. The maximum absolute atomic E-state index is 11.5. The van der Waals surface area contributed by atoms with Crippen molar-refractivity contribution in [2.75, 3.05) is 7.11 Å². The average Bonchev–Trinajstić information content (AvgIpc) is 2.49. The number of methoxy groups -OCH3 is 1. The van der Waals surface area contributed by atoms with Gasteiger partial charge < -0.3 is 4.74 Å². The third-order valence-electron chi connectivity index (χ3n) is 3.38. The fourth-order valence-corrected chi connectivity index (χ4v) is 2.32. The summed E-state index contributed by atoms with van der Waals surface area (Å²) in [7, 11) is 1.42. The SMILES string of the molecule is CCCc1ccc(-c2ccccc2CC(=O)OC)cc1. The topological polar surface area (TPSA) is 26.3 Å². The molecule has 0 aromatic heterocycles. The monoisotopic (exact) mass is 268 g/mol. The molecule has 2 heteroatoms. The lowest BCUT2D eigenvalue weighted by Crippen LogP contribution is -2.05. The Hall–Kier alpha value is -2.09. The van der Waals surface area contributed by atoms with Crippen LogP contribution in [0.15, 0.2) is 48.5 Å². The maximum atomic E-state index is 11.5. The lowest BCUT2D eigenvalue weighted by atomic mass is 9.96. The summed E-state index contributed by atoms with van der Waals surface area (Å²) in [5, 5.41) is 0. The molecular formula is C18H20O2. The summed E-state index contributed by atoms with van der Waals surface area (Å²) < 4.78 is 4.76. The van der Waals surface area contributed by atoms with Crippen LogP contribution in [0.3, 0.4) is 0 Å². The molecule has 0 saturated carbocycles. The van der Waals surface area contributed by atoms with E-state index < -0.39 is 0 Å². The van der Waals surface area contributed by atoms with Crippen LogP contribution in [0, 0.1) is 0 Å². The first-order valence-electron chi connectivity index (χ1n) is 6.98. The molecule has 2 aromatic rings. The van der Waals surface area contributed by atoms with Crippen molar-refractivity contribution < 1.29 is 9.53 Å². The number of ether oxygens (including phenoxy) is 1. The van der Waals surface area contributed by atoms with E-state index in [0.717, 1.165) is 29.5 Å². The second kappa shape index (κ2) is 6.90. The van der Waals surface area contributed by atoms with E-state index in [1.807, 2.05) is 24.3 Å². The van der Waals surface area contributed by atoms with Crippen LogP contribution in [0.25, 0.3) is 11.1 Å². The highest BCUT2D eigenvalue weighted by Crippen LogP contribution is 2.25. The number of hydrogen-bond acceptors (Lipinski definition) is 2. The fraction of sp³-hybridized carbons (Fsp3) is 0.278. The summed E-state index contributed by atoms with van der Waals surface area (Å²) in [6.45, 7) is 2.18. The molecule has 104 valence electrons. The van der Waals surface area contributed by atoms with E-state index in [4.69, 9.17) is 4.74 Å². The number of aryl methyl sites for hydroxylation is 1. The molecule has 0 fully saturated rings. The second-order valence-electron chi connectivity index (χ2n) is 4.86. The summed E-state index contributed by atoms with van der Waals surface area (Å²) in [5.41, 5.74) is 4.59. The Balaban J connectivity index is 2.29. The minimum absolute atomic E-state index is 0.208. The number of carbonyl (C=O) groups excluding carboxylic acids is 1. The van der Waals surface area contributed by atoms with E-state index in [9.17, 15) is 4.79 Å². The summed E-state index contributed by atoms with van der Waals surface area (Å²) in [5.74, 6) is -0.208. The molecule has 0 N–H and O–H groups in total. The van der Waals surface area contributed by atoms with Crippen LogP contribution < -0.4 is 0 Å². The first kappa shape index (κ1) is 14.3. The van der Waals surface area contributed by atoms with E-state index in [-0.39, 0.29) is 5.97 Å². The minimum atomic E-state index is -0.208. The van der Waals surface area contributed by atoms with Gasteiger partial charge in [0.1, 0.15) is 0 Å². The van der Waals surface area contributed by atoms with Crippen LogP contribution in [-0.4, -0.2) is 13.1 Å². The van der Waals surface area contributed by atoms with Crippen LogP contribution in [-0.2, 0) is 22.4 Å². The third kappa shape index (κ3) is 3.47. The molecule has 2 nitrogen and oxygen atoms in total. The van der Waals surface area contributed by atoms with E-state index in [1.54, 1.807) is 0 Å². The van der Waals surface area contributed by atoms with Gasteiger partial charge in [-0.15, -0.1) is 0 Å². The van der Waals surface area contributed by atoms with Gasteiger partial charge in [0.05, 0.1) is 13.5 Å². The smallest absolute Gasteiger partial charge is 0.309 e. The molecule has 0 aliphatic carbocycles. The average molecular weight is 268 g/mol. The van der Waals surface area contributed by atoms with Crippen LogP contribution in [0.5, 0.6) is 0 Å². The van der Waals surface area contributed by atoms with Gasteiger partial charge >= 0.3 is 5.97 Å².